The monoisotopic (exact) mass is 298 g/mol. The molecule has 114 valence electrons. The molecular formula is C17H18N2O3. The number of rotatable bonds is 6. The lowest BCUT2D eigenvalue weighted by Crippen LogP contribution is -2.05. The normalized spacial score (nSPS) is 9.91. The smallest absolute Gasteiger partial charge is 0.292 e. The number of hydrogen-bond acceptors (Lipinski definition) is 5. The first kappa shape index (κ1) is 15.6. The van der Waals surface area contributed by atoms with Gasteiger partial charge in [-0.2, -0.15) is 0 Å². The number of aromatic nitrogens is 1. The second-order valence-corrected chi connectivity index (χ2v) is 4.72. The van der Waals surface area contributed by atoms with E-state index in [1.807, 2.05) is 39.0 Å². The Hall–Kier alpha value is -2.74. The molecule has 0 fully saturated rings. The van der Waals surface area contributed by atoms with Crippen molar-refractivity contribution in [3.8, 4) is 23.6 Å². The molecular weight excluding hydrogens is 280 g/mol. The molecule has 2 rings (SSSR count). The Balaban J connectivity index is 2.27. The van der Waals surface area contributed by atoms with Crippen LogP contribution < -0.4 is 14.2 Å². The van der Waals surface area contributed by atoms with E-state index in [0.717, 1.165) is 11.3 Å². The Bertz CT molecular complexity index is 693. The van der Waals surface area contributed by atoms with E-state index in [4.69, 9.17) is 19.5 Å². The van der Waals surface area contributed by atoms with E-state index in [1.54, 1.807) is 18.4 Å². The highest BCUT2D eigenvalue weighted by atomic mass is 16.5. The molecule has 0 aliphatic rings. The Labute approximate surface area is 130 Å². The molecule has 0 unspecified atom stereocenters. The van der Waals surface area contributed by atoms with Crippen LogP contribution in [-0.4, -0.2) is 11.6 Å². The largest absolute Gasteiger partial charge is 0.493 e. The van der Waals surface area contributed by atoms with Crippen molar-refractivity contribution >= 4 is 0 Å². The third-order valence-electron chi connectivity index (χ3n) is 3.09. The minimum Gasteiger partial charge on any atom is -0.493 e. The third kappa shape index (κ3) is 3.67. The van der Waals surface area contributed by atoms with Crippen LogP contribution in [0.25, 0.3) is 0 Å². The van der Waals surface area contributed by atoms with Crippen LogP contribution in [0, 0.1) is 25.4 Å². The molecule has 0 saturated carbocycles. The van der Waals surface area contributed by atoms with E-state index in [2.05, 4.69) is 4.98 Å². The number of ether oxygens (including phenoxy) is 3. The molecule has 0 aliphatic heterocycles. The predicted octanol–water partition coefficient (Wildman–Crippen LogP) is 3.54. The van der Waals surface area contributed by atoms with Gasteiger partial charge in [-0.05, 0) is 39.0 Å². The summed E-state index contributed by atoms with van der Waals surface area (Å²) < 4.78 is 16.4. The first-order valence-corrected chi connectivity index (χ1v) is 7.03. The second-order valence-electron chi connectivity index (χ2n) is 4.72. The summed E-state index contributed by atoms with van der Waals surface area (Å²) >= 11 is 0. The zero-order valence-corrected chi connectivity index (χ0v) is 12.9. The number of benzene rings is 1. The van der Waals surface area contributed by atoms with Gasteiger partial charge in [-0.25, -0.2) is 4.98 Å². The lowest BCUT2D eigenvalue weighted by molar-refractivity contribution is 0.270. The zero-order valence-electron chi connectivity index (χ0n) is 12.9. The number of hydrogen-bond donors (Lipinski definition) is 0. The zero-order chi connectivity index (χ0) is 15.9. The first-order valence-electron chi connectivity index (χ1n) is 7.03. The summed E-state index contributed by atoms with van der Waals surface area (Å²) in [7, 11) is 0. The van der Waals surface area contributed by atoms with Gasteiger partial charge in [-0.3, -0.25) is 0 Å². The quantitative estimate of drug-likeness (QED) is 0.763. The van der Waals surface area contributed by atoms with Gasteiger partial charge < -0.3 is 14.2 Å². The molecule has 0 spiro atoms. The Morgan fingerprint density at radius 1 is 1.09 bits per heavy atom. The van der Waals surface area contributed by atoms with Crippen molar-refractivity contribution in [3.63, 3.8) is 0 Å². The molecule has 1 aromatic carbocycles. The summed E-state index contributed by atoms with van der Waals surface area (Å²) in [6, 6.07) is 9.20. The molecule has 0 bridgehead atoms. The number of pyridine rings is 1. The SMILES string of the molecule is CCOc1cccc(OC#N)c1COc1nc(C)ccc1C. The van der Waals surface area contributed by atoms with Crippen LogP contribution in [0.1, 0.15) is 23.7 Å². The Kier molecular flexibility index (Phi) is 5.21. The summed E-state index contributed by atoms with van der Waals surface area (Å²) in [5.41, 5.74) is 2.52. The summed E-state index contributed by atoms with van der Waals surface area (Å²) in [5.74, 6) is 1.63. The molecule has 0 radical (unpaired) electrons. The van der Waals surface area contributed by atoms with Crippen molar-refractivity contribution in [2.24, 2.45) is 0 Å². The van der Waals surface area contributed by atoms with Crippen LogP contribution in [0.4, 0.5) is 0 Å². The minimum atomic E-state index is 0.213. The molecule has 5 nitrogen and oxygen atoms in total. The fourth-order valence-electron chi connectivity index (χ4n) is 2.01. The fraction of sp³-hybridized carbons (Fsp3) is 0.294. The highest BCUT2D eigenvalue weighted by Crippen LogP contribution is 2.30. The lowest BCUT2D eigenvalue weighted by atomic mass is 10.2. The standard InChI is InChI=1S/C17H18N2O3/c1-4-20-15-6-5-7-16(22-11-18)14(15)10-21-17-12(2)8-9-13(3)19-17/h5-9H,4,10H2,1-3H3. The Morgan fingerprint density at radius 2 is 1.86 bits per heavy atom. The predicted molar refractivity (Wildman–Crippen MR) is 81.9 cm³/mol. The molecule has 0 atom stereocenters. The maximum Gasteiger partial charge on any atom is 0.292 e. The average molecular weight is 298 g/mol. The van der Waals surface area contributed by atoms with Gasteiger partial charge in [0.25, 0.3) is 6.26 Å². The van der Waals surface area contributed by atoms with Gasteiger partial charge in [0.1, 0.15) is 12.4 Å². The van der Waals surface area contributed by atoms with Crippen molar-refractivity contribution in [1.82, 2.24) is 4.98 Å². The van der Waals surface area contributed by atoms with Gasteiger partial charge >= 0.3 is 0 Å². The molecule has 1 aromatic heterocycles. The number of aryl methyl sites for hydroxylation is 2. The van der Waals surface area contributed by atoms with Gasteiger partial charge in [0.2, 0.25) is 5.88 Å². The van der Waals surface area contributed by atoms with Crippen LogP contribution in [0.5, 0.6) is 17.4 Å². The average Bonchev–Trinajstić information content (AvgIpc) is 2.50. The van der Waals surface area contributed by atoms with Crippen molar-refractivity contribution < 1.29 is 14.2 Å². The molecule has 1 heterocycles. The van der Waals surface area contributed by atoms with E-state index in [9.17, 15) is 0 Å². The topological polar surface area (TPSA) is 64.4 Å². The van der Waals surface area contributed by atoms with Crippen LogP contribution in [0.2, 0.25) is 0 Å². The van der Waals surface area contributed by atoms with Gasteiger partial charge in [0, 0.05) is 11.3 Å². The van der Waals surface area contributed by atoms with Crippen molar-refractivity contribution in [2.75, 3.05) is 6.61 Å². The summed E-state index contributed by atoms with van der Waals surface area (Å²) in [6.07, 6.45) is 1.69. The van der Waals surface area contributed by atoms with Crippen LogP contribution in [-0.2, 0) is 6.61 Å². The maximum atomic E-state index is 8.76. The van der Waals surface area contributed by atoms with E-state index < -0.39 is 0 Å². The fourth-order valence-corrected chi connectivity index (χ4v) is 2.01. The molecule has 2 aromatic rings. The van der Waals surface area contributed by atoms with Gasteiger partial charge in [0.05, 0.1) is 12.2 Å². The van der Waals surface area contributed by atoms with E-state index in [1.165, 1.54) is 0 Å². The van der Waals surface area contributed by atoms with Crippen LogP contribution >= 0.6 is 0 Å². The summed E-state index contributed by atoms with van der Waals surface area (Å²) in [5, 5.41) is 8.76. The highest BCUT2D eigenvalue weighted by Gasteiger charge is 2.13. The molecule has 0 aliphatic carbocycles. The van der Waals surface area contributed by atoms with Gasteiger partial charge in [-0.15, -0.1) is 5.26 Å². The Morgan fingerprint density at radius 3 is 2.59 bits per heavy atom. The van der Waals surface area contributed by atoms with E-state index in [0.29, 0.717) is 29.5 Å². The molecule has 0 N–H and O–H groups in total. The third-order valence-corrected chi connectivity index (χ3v) is 3.09. The first-order chi connectivity index (χ1) is 10.7. The summed E-state index contributed by atoms with van der Waals surface area (Å²) in [6.45, 7) is 6.47. The van der Waals surface area contributed by atoms with E-state index in [-0.39, 0.29) is 6.61 Å². The molecule has 22 heavy (non-hydrogen) atoms. The molecule has 0 amide bonds. The van der Waals surface area contributed by atoms with Gasteiger partial charge in [0.15, 0.2) is 5.75 Å². The van der Waals surface area contributed by atoms with Crippen molar-refractivity contribution in [1.29, 1.82) is 5.26 Å². The second kappa shape index (κ2) is 7.32. The number of nitriles is 1. The number of nitrogens with zero attached hydrogens (tertiary/aromatic N) is 2. The molecule has 5 heteroatoms. The van der Waals surface area contributed by atoms with Crippen LogP contribution in [0.15, 0.2) is 30.3 Å². The highest BCUT2D eigenvalue weighted by molar-refractivity contribution is 5.45. The van der Waals surface area contributed by atoms with Crippen LogP contribution in [0.3, 0.4) is 0 Å². The molecule has 0 saturated heterocycles. The van der Waals surface area contributed by atoms with Crippen molar-refractivity contribution in [3.05, 3.63) is 47.2 Å². The van der Waals surface area contributed by atoms with Crippen molar-refractivity contribution in [2.45, 2.75) is 27.4 Å². The summed E-state index contributed by atoms with van der Waals surface area (Å²) in [4.78, 5) is 4.37. The minimum absolute atomic E-state index is 0.213. The van der Waals surface area contributed by atoms with Gasteiger partial charge in [-0.1, -0.05) is 12.1 Å². The van der Waals surface area contributed by atoms with E-state index >= 15 is 0 Å². The maximum absolute atomic E-state index is 8.76. The lowest BCUT2D eigenvalue weighted by Gasteiger charge is -2.14.